The van der Waals surface area contributed by atoms with Gasteiger partial charge in [0.05, 0.1) is 30.6 Å². The van der Waals surface area contributed by atoms with E-state index in [1.165, 1.54) is 0 Å². The number of hydrogen-bond donors (Lipinski definition) is 2. The molecule has 0 atom stereocenters. The Morgan fingerprint density at radius 3 is 2.42 bits per heavy atom. The van der Waals surface area contributed by atoms with Crippen molar-refractivity contribution in [3.63, 3.8) is 0 Å². The molecule has 0 spiro atoms. The predicted molar refractivity (Wildman–Crippen MR) is 105 cm³/mol. The molecule has 1 aromatic heterocycles. The van der Waals surface area contributed by atoms with Crippen molar-refractivity contribution in [2.75, 3.05) is 24.9 Å². The molecule has 134 valence electrons. The molecule has 0 unspecified atom stereocenters. The Morgan fingerprint density at radius 1 is 0.885 bits per heavy atom. The van der Waals surface area contributed by atoms with Crippen LogP contribution in [0.5, 0.6) is 11.5 Å². The number of hydrogen-bond acceptors (Lipinski definition) is 6. The first-order valence-electron chi connectivity index (χ1n) is 7.63. The summed E-state index contributed by atoms with van der Waals surface area (Å²) in [7, 11) is 3.20. The van der Waals surface area contributed by atoms with Gasteiger partial charge in [-0.15, -0.1) is 0 Å². The van der Waals surface area contributed by atoms with Crippen LogP contribution in [0.15, 0.2) is 48.7 Å². The number of nitrogens with zero attached hydrogens (tertiary/aromatic N) is 2. The summed E-state index contributed by atoms with van der Waals surface area (Å²) >= 11 is 12.1. The third-order valence-corrected chi connectivity index (χ3v) is 4.05. The smallest absolute Gasteiger partial charge is 0.229 e. The van der Waals surface area contributed by atoms with Gasteiger partial charge in [0.2, 0.25) is 5.95 Å². The summed E-state index contributed by atoms with van der Waals surface area (Å²) in [6.45, 7) is 0. The number of benzene rings is 2. The monoisotopic (exact) mass is 390 g/mol. The first-order valence-corrected chi connectivity index (χ1v) is 8.39. The van der Waals surface area contributed by atoms with E-state index in [-0.39, 0.29) is 0 Å². The van der Waals surface area contributed by atoms with E-state index in [0.29, 0.717) is 39.0 Å². The summed E-state index contributed by atoms with van der Waals surface area (Å²) in [4.78, 5) is 8.64. The van der Waals surface area contributed by atoms with Crippen LogP contribution >= 0.6 is 23.2 Å². The fourth-order valence-electron chi connectivity index (χ4n) is 2.24. The second kappa shape index (κ2) is 8.12. The van der Waals surface area contributed by atoms with Gasteiger partial charge in [-0.2, -0.15) is 4.98 Å². The maximum Gasteiger partial charge on any atom is 0.229 e. The average molecular weight is 391 g/mol. The molecule has 0 fully saturated rings. The molecule has 0 radical (unpaired) electrons. The van der Waals surface area contributed by atoms with Gasteiger partial charge in [0.1, 0.15) is 17.3 Å². The Labute approximate surface area is 161 Å². The van der Waals surface area contributed by atoms with Crippen molar-refractivity contribution in [2.45, 2.75) is 0 Å². The number of nitrogens with one attached hydrogen (secondary N) is 2. The summed E-state index contributed by atoms with van der Waals surface area (Å²) in [6.07, 6.45) is 1.64. The standard InChI is InChI=1S/C18H16Cl2N4O2/c1-25-12-4-6-15(16(10-12)26-2)22-17-7-8-21-18(24-17)23-14-5-3-11(19)9-13(14)20/h3-10H,1-2H3,(H2,21,22,23,24). The second-order valence-corrected chi connectivity index (χ2v) is 6.05. The maximum absolute atomic E-state index is 6.17. The number of ether oxygens (including phenoxy) is 2. The third kappa shape index (κ3) is 4.28. The lowest BCUT2D eigenvalue weighted by atomic mass is 10.2. The minimum absolute atomic E-state index is 0.395. The van der Waals surface area contributed by atoms with E-state index in [0.717, 1.165) is 5.69 Å². The third-order valence-electron chi connectivity index (χ3n) is 3.50. The van der Waals surface area contributed by atoms with Gasteiger partial charge in [0.15, 0.2) is 0 Å². The van der Waals surface area contributed by atoms with Gasteiger partial charge in [0.25, 0.3) is 0 Å². The van der Waals surface area contributed by atoms with Crippen LogP contribution in [-0.2, 0) is 0 Å². The molecule has 8 heteroatoms. The van der Waals surface area contributed by atoms with Crippen molar-refractivity contribution in [3.8, 4) is 11.5 Å². The maximum atomic E-state index is 6.17. The Hall–Kier alpha value is -2.70. The van der Waals surface area contributed by atoms with Crippen LogP contribution in [0.1, 0.15) is 0 Å². The van der Waals surface area contributed by atoms with Crippen LogP contribution in [-0.4, -0.2) is 24.2 Å². The van der Waals surface area contributed by atoms with Gasteiger partial charge in [-0.3, -0.25) is 0 Å². The molecule has 2 aromatic carbocycles. The van der Waals surface area contributed by atoms with Crippen molar-refractivity contribution < 1.29 is 9.47 Å². The minimum Gasteiger partial charge on any atom is -0.497 e. The lowest BCUT2D eigenvalue weighted by Gasteiger charge is -2.13. The van der Waals surface area contributed by atoms with Gasteiger partial charge >= 0.3 is 0 Å². The van der Waals surface area contributed by atoms with E-state index in [1.54, 1.807) is 50.7 Å². The first-order chi connectivity index (χ1) is 12.6. The van der Waals surface area contributed by atoms with E-state index in [2.05, 4.69) is 20.6 Å². The SMILES string of the molecule is COc1ccc(Nc2ccnc(Nc3ccc(Cl)cc3Cl)n2)c(OC)c1. The van der Waals surface area contributed by atoms with Gasteiger partial charge < -0.3 is 20.1 Å². The van der Waals surface area contributed by atoms with Crippen molar-refractivity contribution in [1.82, 2.24) is 9.97 Å². The summed E-state index contributed by atoms with van der Waals surface area (Å²) in [5, 5.41) is 7.31. The lowest BCUT2D eigenvalue weighted by Crippen LogP contribution is -2.01. The van der Waals surface area contributed by atoms with Crippen LogP contribution in [0.3, 0.4) is 0 Å². The Bertz CT molecular complexity index is 921. The van der Waals surface area contributed by atoms with Crippen LogP contribution < -0.4 is 20.1 Å². The number of aromatic nitrogens is 2. The average Bonchev–Trinajstić information content (AvgIpc) is 2.65. The highest BCUT2D eigenvalue weighted by Crippen LogP contribution is 2.31. The number of anilines is 4. The molecule has 3 aromatic rings. The molecular weight excluding hydrogens is 375 g/mol. The van der Waals surface area contributed by atoms with Gasteiger partial charge in [-0.25, -0.2) is 4.98 Å². The highest BCUT2D eigenvalue weighted by atomic mass is 35.5. The zero-order chi connectivity index (χ0) is 18.5. The fourth-order valence-corrected chi connectivity index (χ4v) is 2.70. The molecular formula is C18H16Cl2N4O2. The van der Waals surface area contributed by atoms with E-state index in [1.807, 2.05) is 12.1 Å². The molecule has 0 aliphatic heterocycles. The molecule has 26 heavy (non-hydrogen) atoms. The van der Waals surface area contributed by atoms with Crippen molar-refractivity contribution in [2.24, 2.45) is 0 Å². The van der Waals surface area contributed by atoms with Crippen LogP contribution in [0.25, 0.3) is 0 Å². The molecule has 0 saturated carbocycles. The Morgan fingerprint density at radius 2 is 1.69 bits per heavy atom. The van der Waals surface area contributed by atoms with Crippen LogP contribution in [0.2, 0.25) is 10.0 Å². The molecule has 0 aliphatic carbocycles. The fraction of sp³-hybridized carbons (Fsp3) is 0.111. The highest BCUT2D eigenvalue weighted by Gasteiger charge is 2.08. The van der Waals surface area contributed by atoms with Crippen molar-refractivity contribution in [3.05, 3.63) is 58.7 Å². The molecule has 2 N–H and O–H groups in total. The molecule has 0 aliphatic rings. The van der Waals surface area contributed by atoms with Crippen LogP contribution in [0, 0.1) is 0 Å². The topological polar surface area (TPSA) is 68.3 Å². The summed E-state index contributed by atoms with van der Waals surface area (Å²) in [5.74, 6) is 2.33. The summed E-state index contributed by atoms with van der Waals surface area (Å²) < 4.78 is 10.6. The summed E-state index contributed by atoms with van der Waals surface area (Å²) in [5.41, 5.74) is 1.41. The van der Waals surface area contributed by atoms with Crippen LogP contribution in [0.4, 0.5) is 23.1 Å². The molecule has 1 heterocycles. The Kier molecular flexibility index (Phi) is 5.65. The highest BCUT2D eigenvalue weighted by molar-refractivity contribution is 6.36. The first kappa shape index (κ1) is 18.1. The molecule has 0 saturated heterocycles. The minimum atomic E-state index is 0.395. The number of methoxy groups -OCH3 is 2. The van der Waals surface area contributed by atoms with Gasteiger partial charge in [-0.1, -0.05) is 23.2 Å². The second-order valence-electron chi connectivity index (χ2n) is 5.21. The normalized spacial score (nSPS) is 10.3. The van der Waals surface area contributed by atoms with E-state index in [9.17, 15) is 0 Å². The van der Waals surface area contributed by atoms with Crippen molar-refractivity contribution >= 4 is 46.3 Å². The van der Waals surface area contributed by atoms with Gasteiger partial charge in [-0.05, 0) is 36.4 Å². The zero-order valence-corrected chi connectivity index (χ0v) is 15.6. The van der Waals surface area contributed by atoms with Gasteiger partial charge in [0, 0.05) is 17.3 Å². The Balaban J connectivity index is 1.81. The number of rotatable bonds is 6. The van der Waals surface area contributed by atoms with E-state index in [4.69, 9.17) is 32.7 Å². The molecule has 0 bridgehead atoms. The quantitative estimate of drug-likeness (QED) is 0.595. The molecule has 3 rings (SSSR count). The predicted octanol–water partition coefficient (Wildman–Crippen LogP) is 5.29. The molecule has 0 amide bonds. The van der Waals surface area contributed by atoms with Crippen molar-refractivity contribution in [1.29, 1.82) is 0 Å². The largest absolute Gasteiger partial charge is 0.497 e. The van der Waals surface area contributed by atoms with E-state index < -0.39 is 0 Å². The molecule has 6 nitrogen and oxygen atoms in total. The number of halogens is 2. The lowest BCUT2D eigenvalue weighted by molar-refractivity contribution is 0.395. The summed E-state index contributed by atoms with van der Waals surface area (Å²) in [6, 6.07) is 12.4. The van der Waals surface area contributed by atoms with E-state index >= 15 is 0 Å². The zero-order valence-electron chi connectivity index (χ0n) is 14.1.